The minimum absolute atomic E-state index is 0.0267. The summed E-state index contributed by atoms with van der Waals surface area (Å²) >= 11 is 0. The van der Waals surface area contributed by atoms with Gasteiger partial charge in [-0.2, -0.15) is 0 Å². The normalized spacial score (nSPS) is 13.9. The van der Waals surface area contributed by atoms with Gasteiger partial charge in [-0.25, -0.2) is 19.1 Å². The van der Waals surface area contributed by atoms with E-state index < -0.39 is 52.4 Å². The van der Waals surface area contributed by atoms with Crippen molar-refractivity contribution >= 4 is 64.3 Å². The molecular weight excluding hydrogens is 700 g/mol. The monoisotopic (exact) mass is 732 g/mol. The van der Waals surface area contributed by atoms with Gasteiger partial charge >= 0.3 is 17.7 Å². The van der Waals surface area contributed by atoms with E-state index >= 15 is 0 Å². The Labute approximate surface area is 305 Å². The van der Waals surface area contributed by atoms with Crippen LogP contribution in [0.15, 0.2) is 112 Å². The average molecular weight is 733 g/mol. The molecular formula is C38H32N6O10. The Morgan fingerprint density at radius 2 is 1.50 bits per heavy atom. The van der Waals surface area contributed by atoms with Crippen molar-refractivity contribution in [3.05, 3.63) is 135 Å². The number of carbonyl (C=O) groups is 6. The molecule has 0 aliphatic carbocycles. The number of benzene rings is 3. The average Bonchev–Trinajstić information content (AvgIpc) is 3.10. The van der Waals surface area contributed by atoms with E-state index in [-0.39, 0.29) is 47.8 Å². The van der Waals surface area contributed by atoms with Gasteiger partial charge in [-0.1, -0.05) is 54.6 Å². The zero-order valence-corrected chi connectivity index (χ0v) is 28.5. The number of carbonyl (C=O) groups excluding carboxylic acids is 5. The predicted molar refractivity (Wildman–Crippen MR) is 198 cm³/mol. The van der Waals surface area contributed by atoms with Crippen LogP contribution in [-0.2, 0) is 24.0 Å². The summed E-state index contributed by atoms with van der Waals surface area (Å²) in [6.07, 6.45) is 5.06. The Morgan fingerprint density at radius 3 is 2.19 bits per heavy atom. The zero-order chi connectivity index (χ0) is 38.9. The van der Waals surface area contributed by atoms with E-state index in [0.717, 1.165) is 4.57 Å². The predicted octanol–water partition coefficient (Wildman–Crippen LogP) is 3.69. The van der Waals surface area contributed by atoms with Crippen molar-refractivity contribution in [3.63, 3.8) is 0 Å². The number of hydrogen-bond acceptors (Lipinski definition) is 9. The molecule has 0 bridgehead atoms. The molecule has 5 rings (SSSR count). The third-order valence-electron chi connectivity index (χ3n) is 7.79. The molecule has 1 saturated heterocycles. The largest absolute Gasteiger partial charge is 0.494 e. The van der Waals surface area contributed by atoms with Crippen LogP contribution in [0, 0.1) is 0 Å². The first-order chi connectivity index (χ1) is 25.8. The second-order valence-corrected chi connectivity index (χ2v) is 11.7. The molecule has 54 heavy (non-hydrogen) atoms. The van der Waals surface area contributed by atoms with Crippen LogP contribution in [0.3, 0.4) is 0 Å². The fourth-order valence-corrected chi connectivity index (χ4v) is 5.33. The maximum absolute atomic E-state index is 13.6. The highest BCUT2D eigenvalue weighted by molar-refractivity contribution is 6.37. The van der Waals surface area contributed by atoms with Crippen molar-refractivity contribution in [1.82, 2.24) is 14.9 Å². The molecule has 6 N–H and O–H groups in total. The first-order valence-electron chi connectivity index (χ1n) is 16.3. The van der Waals surface area contributed by atoms with Crippen molar-refractivity contribution in [1.29, 1.82) is 0 Å². The second kappa shape index (κ2) is 16.6. The van der Waals surface area contributed by atoms with Crippen molar-refractivity contribution in [2.75, 3.05) is 15.5 Å². The highest BCUT2D eigenvalue weighted by Crippen LogP contribution is 2.25. The molecule has 4 aromatic rings. The number of hydrogen-bond donors (Lipinski definition) is 6. The molecule has 0 atom stereocenters. The molecule has 0 radical (unpaired) electrons. The van der Waals surface area contributed by atoms with Gasteiger partial charge < -0.3 is 20.8 Å². The Kier molecular flexibility index (Phi) is 11.6. The van der Waals surface area contributed by atoms with Gasteiger partial charge in [0.1, 0.15) is 11.1 Å². The van der Waals surface area contributed by atoms with Crippen LogP contribution in [0.25, 0.3) is 17.3 Å². The number of aliphatic carboxylic acids is 1. The van der Waals surface area contributed by atoms with Gasteiger partial charge in [0.2, 0.25) is 17.7 Å². The maximum Gasteiger partial charge on any atom is 0.335 e. The van der Waals surface area contributed by atoms with Gasteiger partial charge in [-0.05, 0) is 66.1 Å². The second-order valence-electron chi connectivity index (χ2n) is 11.7. The number of barbiturate groups is 1. The number of carboxylic acid groups (broad SMARTS) is 1. The molecule has 0 saturated carbocycles. The lowest BCUT2D eigenvalue weighted by Crippen LogP contribution is -2.54. The minimum Gasteiger partial charge on any atom is -0.494 e. The summed E-state index contributed by atoms with van der Waals surface area (Å²) in [6.45, 7) is 1.30. The molecule has 274 valence electrons. The smallest absolute Gasteiger partial charge is 0.335 e. The number of carboxylic acids is 1. The number of amides is 6. The number of rotatable bonds is 12. The fraction of sp³-hybridized carbons (Fsp3) is 0.105. The number of aromatic hydroxyl groups is 1. The van der Waals surface area contributed by atoms with E-state index in [2.05, 4.69) is 20.9 Å². The van der Waals surface area contributed by atoms with Crippen LogP contribution in [-0.4, -0.2) is 55.4 Å². The van der Waals surface area contributed by atoms with Crippen molar-refractivity contribution in [2.45, 2.75) is 26.2 Å². The highest BCUT2D eigenvalue weighted by atomic mass is 16.4. The van der Waals surface area contributed by atoms with Gasteiger partial charge in [0.25, 0.3) is 17.4 Å². The zero-order valence-electron chi connectivity index (χ0n) is 28.5. The van der Waals surface area contributed by atoms with E-state index in [4.69, 9.17) is 5.11 Å². The van der Waals surface area contributed by atoms with Gasteiger partial charge in [0, 0.05) is 31.1 Å². The highest BCUT2D eigenvalue weighted by Gasteiger charge is 2.36. The van der Waals surface area contributed by atoms with Crippen LogP contribution in [0.5, 0.6) is 5.88 Å². The molecule has 16 heteroatoms. The molecule has 0 spiro atoms. The number of allylic oxidation sites excluding steroid dienone is 4. The number of nitrogens with zero attached hydrogens (tertiary/aromatic N) is 2. The first kappa shape index (κ1) is 37.6. The first-order valence-corrected chi connectivity index (χ1v) is 16.3. The summed E-state index contributed by atoms with van der Waals surface area (Å²) < 4.78 is 0.773. The summed E-state index contributed by atoms with van der Waals surface area (Å²) in [7, 11) is 0. The van der Waals surface area contributed by atoms with Crippen LogP contribution < -0.4 is 32.1 Å². The van der Waals surface area contributed by atoms with E-state index in [1.165, 1.54) is 73.7 Å². The summed E-state index contributed by atoms with van der Waals surface area (Å²) in [5, 5.41) is 26.7. The summed E-state index contributed by atoms with van der Waals surface area (Å²) in [5.41, 5.74) is -1.02. The fourth-order valence-electron chi connectivity index (χ4n) is 5.33. The SMILES string of the molecule is CC(=O)Nc1cccc(-n2c(=O)[nH]c(O)c(C=CC(=C/C=C3\C(=O)NC(=O)N(c4cccc(NC(=O)CCCC(=O)O)c4)C3=O)c3ccccc3)c2=O)c1. The van der Waals surface area contributed by atoms with Crippen LogP contribution in [0.1, 0.15) is 37.3 Å². The number of imide groups is 2. The number of nitrogens with one attached hydrogen (secondary N) is 4. The Balaban J connectivity index is 1.48. The lowest BCUT2D eigenvalue weighted by molar-refractivity contribution is -0.137. The van der Waals surface area contributed by atoms with Crippen LogP contribution >= 0.6 is 0 Å². The minimum atomic E-state index is -1.04. The Bertz CT molecular complexity index is 2390. The molecule has 1 aliphatic rings. The third kappa shape index (κ3) is 8.99. The Hall–Kier alpha value is -7.62. The van der Waals surface area contributed by atoms with Gasteiger partial charge in [0.05, 0.1) is 11.4 Å². The number of H-pyrrole nitrogens is 1. The van der Waals surface area contributed by atoms with Gasteiger partial charge in [0.15, 0.2) is 0 Å². The van der Waals surface area contributed by atoms with Crippen molar-refractivity contribution < 1.29 is 39.0 Å². The van der Waals surface area contributed by atoms with Crippen LogP contribution in [0.2, 0.25) is 0 Å². The quantitative estimate of drug-likeness (QED) is 0.0702. The molecule has 6 amide bonds. The van der Waals surface area contributed by atoms with E-state index in [9.17, 15) is 43.5 Å². The molecule has 1 aromatic heterocycles. The molecule has 1 aliphatic heterocycles. The maximum atomic E-state index is 13.6. The lowest BCUT2D eigenvalue weighted by Gasteiger charge is -2.26. The summed E-state index contributed by atoms with van der Waals surface area (Å²) in [6, 6.07) is 19.2. The molecule has 1 fully saturated rings. The molecule has 0 unspecified atom stereocenters. The van der Waals surface area contributed by atoms with Crippen molar-refractivity contribution in [3.8, 4) is 11.6 Å². The van der Waals surface area contributed by atoms with E-state index in [1.54, 1.807) is 36.4 Å². The molecule has 2 heterocycles. The summed E-state index contributed by atoms with van der Waals surface area (Å²) in [5.74, 6) is -4.58. The van der Waals surface area contributed by atoms with E-state index in [1.807, 2.05) is 0 Å². The van der Waals surface area contributed by atoms with Gasteiger partial charge in [-0.3, -0.25) is 39.1 Å². The summed E-state index contributed by atoms with van der Waals surface area (Å²) in [4.78, 5) is 103. The number of urea groups is 1. The van der Waals surface area contributed by atoms with Crippen molar-refractivity contribution in [2.24, 2.45) is 0 Å². The third-order valence-corrected chi connectivity index (χ3v) is 7.79. The number of aromatic amines is 1. The Morgan fingerprint density at radius 1 is 0.833 bits per heavy atom. The molecule has 16 nitrogen and oxygen atoms in total. The number of anilines is 3. The lowest BCUT2D eigenvalue weighted by atomic mass is 10.0. The van der Waals surface area contributed by atoms with E-state index in [0.29, 0.717) is 21.7 Å². The topological polar surface area (TPSA) is 237 Å². The number of aromatic nitrogens is 2. The van der Waals surface area contributed by atoms with Crippen LogP contribution in [0.4, 0.5) is 21.9 Å². The standard InChI is InChI=1S/C38H32N6O10/c1-22(45)39-25-10-5-12-27(20-25)43-35(51)29(33(49)41-37(43)53)18-16-24(23-8-3-2-4-9-23)17-19-30-34(50)42-38(54)44(36(30)52)28-13-6-11-26(21-28)40-31(46)14-7-15-32(47)48/h2-6,8-13,16-21,49H,7,14-15H2,1H3,(H,39,45)(H,40,46)(H,41,53)(H,47,48)(H,42,50,54)/b18-16?,24-17?,30-19+. The molecule has 3 aromatic carbocycles. The van der Waals surface area contributed by atoms with Gasteiger partial charge in [-0.15, -0.1) is 0 Å².